The van der Waals surface area contributed by atoms with Crippen molar-refractivity contribution in [3.63, 3.8) is 0 Å². The minimum Gasteiger partial charge on any atom is -0.494 e. The molecule has 0 spiro atoms. The van der Waals surface area contributed by atoms with E-state index in [0.717, 1.165) is 30.9 Å². The molecule has 124 valence electrons. The van der Waals surface area contributed by atoms with Gasteiger partial charge in [-0.05, 0) is 54.7 Å². The van der Waals surface area contributed by atoms with Crippen molar-refractivity contribution in [1.82, 2.24) is 0 Å². The molecular weight excluding hydrogens is 288 g/mol. The first-order valence-corrected chi connectivity index (χ1v) is 8.32. The van der Waals surface area contributed by atoms with E-state index in [2.05, 4.69) is 31.2 Å². The quantitative estimate of drug-likeness (QED) is 0.753. The fourth-order valence-corrected chi connectivity index (χ4v) is 2.17. The number of hydrogen-bond donors (Lipinski definition) is 1. The van der Waals surface area contributed by atoms with E-state index in [-0.39, 0.29) is 0 Å². The molecule has 3 nitrogen and oxygen atoms in total. The Labute approximate surface area is 138 Å². The van der Waals surface area contributed by atoms with E-state index < -0.39 is 6.10 Å². The summed E-state index contributed by atoms with van der Waals surface area (Å²) in [6.45, 7) is 5.14. The average Bonchev–Trinajstić information content (AvgIpc) is 2.60. The fraction of sp³-hybridized carbons (Fsp3) is 0.400. The second kappa shape index (κ2) is 9.21. The summed E-state index contributed by atoms with van der Waals surface area (Å²) < 4.78 is 11.1. The van der Waals surface area contributed by atoms with E-state index in [0.29, 0.717) is 13.0 Å². The first-order valence-electron chi connectivity index (χ1n) is 8.32. The van der Waals surface area contributed by atoms with Crippen molar-refractivity contribution in [3.8, 4) is 11.5 Å². The first kappa shape index (κ1) is 17.4. The molecule has 2 aromatic carbocycles. The fourth-order valence-electron chi connectivity index (χ4n) is 2.17. The van der Waals surface area contributed by atoms with Gasteiger partial charge in [-0.25, -0.2) is 0 Å². The van der Waals surface area contributed by atoms with Gasteiger partial charge in [-0.15, -0.1) is 0 Å². The predicted molar refractivity (Wildman–Crippen MR) is 93.3 cm³/mol. The Morgan fingerprint density at radius 1 is 0.826 bits per heavy atom. The molecular formula is C20H26O3. The molecule has 0 fully saturated rings. The zero-order chi connectivity index (χ0) is 16.5. The number of aliphatic hydroxyl groups excluding tert-OH is 1. The highest BCUT2D eigenvalue weighted by atomic mass is 16.5. The second-order valence-electron chi connectivity index (χ2n) is 5.69. The molecule has 0 bridgehead atoms. The van der Waals surface area contributed by atoms with Crippen LogP contribution in [0.15, 0.2) is 48.5 Å². The topological polar surface area (TPSA) is 38.7 Å². The van der Waals surface area contributed by atoms with Crippen LogP contribution in [0.3, 0.4) is 0 Å². The largest absolute Gasteiger partial charge is 0.494 e. The molecule has 0 radical (unpaired) electrons. The highest BCUT2D eigenvalue weighted by Crippen LogP contribution is 2.18. The normalized spacial score (nSPS) is 12.0. The maximum atomic E-state index is 9.51. The lowest BCUT2D eigenvalue weighted by Gasteiger charge is -2.11. The molecule has 1 N–H and O–H groups in total. The summed E-state index contributed by atoms with van der Waals surface area (Å²) in [5.41, 5.74) is 2.49. The van der Waals surface area contributed by atoms with Crippen molar-refractivity contribution in [2.75, 3.05) is 13.2 Å². The van der Waals surface area contributed by atoms with Gasteiger partial charge in [0.15, 0.2) is 0 Å². The molecule has 0 saturated heterocycles. The van der Waals surface area contributed by atoms with Crippen molar-refractivity contribution in [2.45, 2.75) is 39.2 Å². The molecule has 3 heteroatoms. The molecule has 0 heterocycles. The van der Waals surface area contributed by atoms with Crippen LogP contribution in [0.5, 0.6) is 11.5 Å². The van der Waals surface area contributed by atoms with Gasteiger partial charge in [0.1, 0.15) is 18.1 Å². The third-order valence-electron chi connectivity index (χ3n) is 3.64. The minimum atomic E-state index is -0.400. The smallest absolute Gasteiger partial charge is 0.119 e. The van der Waals surface area contributed by atoms with Crippen LogP contribution in [-0.4, -0.2) is 24.4 Å². The molecule has 23 heavy (non-hydrogen) atoms. The van der Waals surface area contributed by atoms with E-state index in [9.17, 15) is 5.11 Å². The average molecular weight is 314 g/mol. The van der Waals surface area contributed by atoms with Gasteiger partial charge in [0.2, 0.25) is 0 Å². The van der Waals surface area contributed by atoms with Crippen LogP contribution in [0, 0.1) is 0 Å². The van der Waals surface area contributed by atoms with Crippen LogP contribution in [0.2, 0.25) is 0 Å². The third kappa shape index (κ3) is 5.95. The van der Waals surface area contributed by atoms with Crippen molar-refractivity contribution < 1.29 is 14.6 Å². The van der Waals surface area contributed by atoms with Gasteiger partial charge >= 0.3 is 0 Å². The van der Waals surface area contributed by atoms with Gasteiger partial charge in [-0.2, -0.15) is 0 Å². The summed E-state index contributed by atoms with van der Waals surface area (Å²) in [4.78, 5) is 0. The number of benzene rings is 2. The van der Waals surface area contributed by atoms with E-state index in [1.54, 1.807) is 0 Å². The van der Waals surface area contributed by atoms with Crippen molar-refractivity contribution in [1.29, 1.82) is 0 Å². The van der Waals surface area contributed by atoms with Gasteiger partial charge in [0.25, 0.3) is 0 Å². The minimum absolute atomic E-state index is 0.342. The van der Waals surface area contributed by atoms with Gasteiger partial charge in [0, 0.05) is 0 Å². The van der Waals surface area contributed by atoms with Crippen LogP contribution in [0.1, 0.15) is 37.8 Å². The monoisotopic (exact) mass is 314 g/mol. The lowest BCUT2D eigenvalue weighted by molar-refractivity contribution is 0.104. The number of ether oxygens (including phenoxy) is 2. The number of rotatable bonds is 9. The first-order chi connectivity index (χ1) is 11.2. The molecule has 0 aromatic heterocycles. The lowest BCUT2D eigenvalue weighted by atomic mass is 10.0. The van der Waals surface area contributed by atoms with Gasteiger partial charge in [-0.3, -0.25) is 0 Å². The third-order valence-corrected chi connectivity index (χ3v) is 3.64. The van der Waals surface area contributed by atoms with E-state index in [1.165, 1.54) is 11.1 Å². The van der Waals surface area contributed by atoms with Gasteiger partial charge < -0.3 is 14.6 Å². The molecule has 2 rings (SSSR count). The summed E-state index contributed by atoms with van der Waals surface area (Å²) in [7, 11) is 0. The SMILES string of the molecule is CCCOc1ccc(Cc2ccc(OCC(O)CC)cc2)cc1. The Morgan fingerprint density at radius 2 is 1.35 bits per heavy atom. The van der Waals surface area contributed by atoms with E-state index in [4.69, 9.17) is 9.47 Å². The predicted octanol–water partition coefficient (Wildman–Crippen LogP) is 4.22. The van der Waals surface area contributed by atoms with Crippen molar-refractivity contribution in [2.24, 2.45) is 0 Å². The van der Waals surface area contributed by atoms with Crippen LogP contribution in [-0.2, 0) is 6.42 Å². The van der Waals surface area contributed by atoms with Gasteiger partial charge in [0.05, 0.1) is 12.7 Å². The Kier molecular flexibility index (Phi) is 6.95. The summed E-state index contributed by atoms with van der Waals surface area (Å²) in [6, 6.07) is 16.3. The molecule has 1 atom stereocenters. The molecule has 2 aromatic rings. The number of hydrogen-bond acceptors (Lipinski definition) is 3. The molecule has 0 aliphatic heterocycles. The van der Waals surface area contributed by atoms with Crippen LogP contribution >= 0.6 is 0 Å². The second-order valence-corrected chi connectivity index (χ2v) is 5.69. The molecule has 0 amide bonds. The van der Waals surface area contributed by atoms with Crippen LogP contribution in [0.4, 0.5) is 0 Å². The highest BCUT2D eigenvalue weighted by molar-refractivity contribution is 5.34. The van der Waals surface area contributed by atoms with Gasteiger partial charge in [-0.1, -0.05) is 38.1 Å². The number of aliphatic hydroxyl groups is 1. The zero-order valence-corrected chi connectivity index (χ0v) is 14.0. The van der Waals surface area contributed by atoms with Crippen LogP contribution < -0.4 is 9.47 Å². The lowest BCUT2D eigenvalue weighted by Crippen LogP contribution is -2.15. The van der Waals surface area contributed by atoms with Crippen LogP contribution in [0.25, 0.3) is 0 Å². The molecule has 1 unspecified atom stereocenters. The zero-order valence-electron chi connectivity index (χ0n) is 14.0. The van der Waals surface area contributed by atoms with Crippen molar-refractivity contribution >= 4 is 0 Å². The van der Waals surface area contributed by atoms with E-state index in [1.807, 2.05) is 31.2 Å². The summed E-state index contributed by atoms with van der Waals surface area (Å²) in [6.07, 6.45) is 2.20. The Bertz CT molecular complexity index is 560. The molecule has 0 aliphatic rings. The molecule has 0 saturated carbocycles. The standard InChI is InChI=1S/C20H26O3/c1-3-13-22-19-9-5-16(6-10-19)14-17-7-11-20(12-8-17)23-15-18(21)4-2/h5-12,18,21H,3-4,13-15H2,1-2H3. The van der Waals surface area contributed by atoms with Crippen molar-refractivity contribution in [3.05, 3.63) is 59.7 Å². The maximum Gasteiger partial charge on any atom is 0.119 e. The molecule has 0 aliphatic carbocycles. The maximum absolute atomic E-state index is 9.51. The summed E-state index contributed by atoms with van der Waals surface area (Å²) in [5.74, 6) is 1.72. The highest BCUT2D eigenvalue weighted by Gasteiger charge is 2.03. The summed E-state index contributed by atoms with van der Waals surface area (Å²) in [5, 5.41) is 9.51. The van der Waals surface area contributed by atoms with E-state index >= 15 is 0 Å². The Balaban J connectivity index is 1.87. The Morgan fingerprint density at radius 3 is 1.83 bits per heavy atom. The Hall–Kier alpha value is -2.00. The summed E-state index contributed by atoms with van der Waals surface area (Å²) >= 11 is 0.